The molecule has 2 aromatic rings. The van der Waals surface area contributed by atoms with E-state index in [2.05, 4.69) is 11.4 Å². The van der Waals surface area contributed by atoms with Crippen LogP contribution in [0.1, 0.15) is 35.3 Å². The van der Waals surface area contributed by atoms with Gasteiger partial charge in [-0.25, -0.2) is 0 Å². The number of rotatable bonds is 6. The van der Waals surface area contributed by atoms with Crippen LogP contribution >= 0.6 is 11.3 Å². The van der Waals surface area contributed by atoms with Crippen LogP contribution < -0.4 is 5.32 Å². The van der Waals surface area contributed by atoms with Crippen molar-refractivity contribution in [3.63, 3.8) is 0 Å². The SMILES string of the molecule is O=C(CCc1ccc(C(F)(F)F)cc1)NCC1(c2cccs2)CCOCC1. The fourth-order valence-corrected chi connectivity index (χ4v) is 4.31. The normalized spacial score (nSPS) is 16.9. The summed E-state index contributed by atoms with van der Waals surface area (Å²) < 4.78 is 43.3. The van der Waals surface area contributed by atoms with Crippen molar-refractivity contribution in [1.29, 1.82) is 0 Å². The van der Waals surface area contributed by atoms with Gasteiger partial charge >= 0.3 is 6.18 Å². The van der Waals surface area contributed by atoms with Gasteiger partial charge in [-0.2, -0.15) is 13.2 Å². The number of alkyl halides is 3. The van der Waals surface area contributed by atoms with Gasteiger partial charge in [-0.3, -0.25) is 4.79 Å². The van der Waals surface area contributed by atoms with Crippen molar-refractivity contribution in [1.82, 2.24) is 5.32 Å². The van der Waals surface area contributed by atoms with Crippen molar-refractivity contribution in [2.45, 2.75) is 37.3 Å². The maximum atomic E-state index is 12.6. The first-order valence-corrected chi connectivity index (χ1v) is 9.82. The molecule has 0 unspecified atom stereocenters. The highest BCUT2D eigenvalue weighted by atomic mass is 32.1. The Morgan fingerprint density at radius 3 is 2.44 bits per heavy atom. The number of thiophene rings is 1. The summed E-state index contributed by atoms with van der Waals surface area (Å²) in [5.41, 5.74) is -0.0403. The number of carbonyl (C=O) groups excluding carboxylic acids is 1. The summed E-state index contributed by atoms with van der Waals surface area (Å²) >= 11 is 1.69. The van der Waals surface area contributed by atoms with Crippen LogP contribution in [0, 0.1) is 0 Å². The molecule has 1 saturated heterocycles. The summed E-state index contributed by atoms with van der Waals surface area (Å²) in [6.07, 6.45) is -1.93. The number of carbonyl (C=O) groups is 1. The Morgan fingerprint density at radius 2 is 1.85 bits per heavy atom. The van der Waals surface area contributed by atoms with Crippen LogP contribution in [0.5, 0.6) is 0 Å². The van der Waals surface area contributed by atoms with E-state index >= 15 is 0 Å². The van der Waals surface area contributed by atoms with E-state index in [1.54, 1.807) is 11.3 Å². The molecular formula is C20H22F3NO2S. The van der Waals surface area contributed by atoms with E-state index in [1.165, 1.54) is 17.0 Å². The Morgan fingerprint density at radius 1 is 1.15 bits per heavy atom. The smallest absolute Gasteiger partial charge is 0.381 e. The molecule has 2 heterocycles. The summed E-state index contributed by atoms with van der Waals surface area (Å²) in [5.74, 6) is -0.0858. The summed E-state index contributed by atoms with van der Waals surface area (Å²) in [6, 6.07) is 9.10. The minimum Gasteiger partial charge on any atom is -0.381 e. The van der Waals surface area contributed by atoms with Gasteiger partial charge in [0.25, 0.3) is 0 Å². The van der Waals surface area contributed by atoms with Gasteiger partial charge in [-0.15, -0.1) is 11.3 Å². The van der Waals surface area contributed by atoms with Gasteiger partial charge in [-0.1, -0.05) is 18.2 Å². The van der Waals surface area contributed by atoms with Crippen molar-refractivity contribution >= 4 is 17.2 Å². The van der Waals surface area contributed by atoms with Crippen LogP contribution in [-0.4, -0.2) is 25.7 Å². The summed E-state index contributed by atoms with van der Waals surface area (Å²) in [4.78, 5) is 13.5. The number of hydrogen-bond donors (Lipinski definition) is 1. The Hall–Kier alpha value is -1.86. The molecule has 0 atom stereocenters. The Kier molecular flexibility index (Phi) is 6.22. The molecule has 1 fully saturated rings. The summed E-state index contributed by atoms with van der Waals surface area (Å²) in [6.45, 7) is 1.92. The molecule has 1 aromatic carbocycles. The zero-order valence-electron chi connectivity index (χ0n) is 14.8. The van der Waals surface area contributed by atoms with E-state index in [4.69, 9.17) is 4.74 Å². The van der Waals surface area contributed by atoms with E-state index < -0.39 is 11.7 Å². The lowest BCUT2D eigenvalue weighted by Crippen LogP contribution is -2.44. The Bertz CT molecular complexity index is 736. The van der Waals surface area contributed by atoms with Crippen LogP contribution in [0.2, 0.25) is 0 Å². The van der Waals surface area contributed by atoms with Gasteiger partial charge in [0.2, 0.25) is 5.91 Å². The molecule has 27 heavy (non-hydrogen) atoms. The molecule has 7 heteroatoms. The minimum atomic E-state index is -4.34. The maximum Gasteiger partial charge on any atom is 0.416 e. The van der Waals surface area contributed by atoms with E-state index in [9.17, 15) is 18.0 Å². The number of nitrogens with one attached hydrogen (secondary N) is 1. The lowest BCUT2D eigenvalue weighted by atomic mass is 9.78. The van der Waals surface area contributed by atoms with Gasteiger partial charge in [0, 0.05) is 36.5 Å². The standard InChI is InChI=1S/C20H22F3NO2S/c21-20(22,23)16-6-3-15(4-7-16)5-8-18(25)24-14-19(9-11-26-12-10-19)17-2-1-13-27-17/h1-4,6-7,13H,5,8-12,14H2,(H,24,25). The van der Waals surface area contributed by atoms with Crippen LogP contribution in [0.15, 0.2) is 41.8 Å². The van der Waals surface area contributed by atoms with Crippen LogP contribution in [0.25, 0.3) is 0 Å². The largest absolute Gasteiger partial charge is 0.416 e. The van der Waals surface area contributed by atoms with E-state index in [1.807, 2.05) is 11.4 Å². The van der Waals surface area contributed by atoms with E-state index in [-0.39, 0.29) is 17.7 Å². The number of amides is 1. The molecule has 1 aliphatic heterocycles. The van der Waals surface area contributed by atoms with Crippen LogP contribution in [0.4, 0.5) is 13.2 Å². The zero-order valence-corrected chi connectivity index (χ0v) is 15.7. The molecule has 1 aliphatic rings. The second kappa shape index (κ2) is 8.44. The van der Waals surface area contributed by atoms with E-state index in [0.717, 1.165) is 30.5 Å². The number of benzene rings is 1. The highest BCUT2D eigenvalue weighted by Gasteiger charge is 2.35. The lowest BCUT2D eigenvalue weighted by Gasteiger charge is -2.36. The average molecular weight is 397 g/mol. The molecule has 0 radical (unpaired) electrons. The number of ether oxygens (including phenoxy) is 1. The molecule has 146 valence electrons. The first-order valence-electron chi connectivity index (χ1n) is 8.94. The summed E-state index contributed by atoms with van der Waals surface area (Å²) in [7, 11) is 0. The highest BCUT2D eigenvalue weighted by molar-refractivity contribution is 7.10. The predicted molar refractivity (Wildman–Crippen MR) is 98.8 cm³/mol. The van der Waals surface area contributed by atoms with Crippen LogP contribution in [-0.2, 0) is 27.5 Å². The van der Waals surface area contributed by atoms with Crippen molar-refractivity contribution in [2.75, 3.05) is 19.8 Å². The lowest BCUT2D eigenvalue weighted by molar-refractivity contribution is -0.137. The van der Waals surface area contributed by atoms with Crippen LogP contribution in [0.3, 0.4) is 0 Å². The zero-order chi connectivity index (χ0) is 19.3. The molecule has 1 N–H and O–H groups in total. The van der Waals surface area contributed by atoms with Gasteiger partial charge < -0.3 is 10.1 Å². The molecule has 1 aromatic heterocycles. The van der Waals surface area contributed by atoms with Crippen molar-refractivity contribution in [3.05, 3.63) is 57.8 Å². The van der Waals surface area contributed by atoms with Gasteiger partial charge in [0.05, 0.1) is 5.56 Å². The van der Waals surface area contributed by atoms with Crippen molar-refractivity contribution in [2.24, 2.45) is 0 Å². The molecule has 3 nitrogen and oxygen atoms in total. The third-order valence-corrected chi connectivity index (χ3v) is 6.16. The third kappa shape index (κ3) is 5.11. The number of hydrogen-bond acceptors (Lipinski definition) is 3. The van der Waals surface area contributed by atoms with Gasteiger partial charge in [-0.05, 0) is 48.4 Å². The second-order valence-electron chi connectivity index (χ2n) is 6.84. The number of halogens is 3. The van der Waals surface area contributed by atoms with Crippen molar-refractivity contribution in [3.8, 4) is 0 Å². The van der Waals surface area contributed by atoms with Crippen molar-refractivity contribution < 1.29 is 22.7 Å². The minimum absolute atomic E-state index is 0.0858. The fraction of sp³-hybridized carbons (Fsp3) is 0.450. The molecule has 1 amide bonds. The molecule has 0 spiro atoms. The molecule has 0 aliphatic carbocycles. The quantitative estimate of drug-likeness (QED) is 0.776. The first-order chi connectivity index (χ1) is 12.9. The molecule has 0 bridgehead atoms. The maximum absolute atomic E-state index is 12.6. The third-order valence-electron chi connectivity index (χ3n) is 5.04. The molecule has 3 rings (SSSR count). The topological polar surface area (TPSA) is 38.3 Å². The Balaban J connectivity index is 1.53. The second-order valence-corrected chi connectivity index (χ2v) is 7.79. The van der Waals surface area contributed by atoms with Gasteiger partial charge in [0.15, 0.2) is 0 Å². The highest BCUT2D eigenvalue weighted by Crippen LogP contribution is 2.37. The fourth-order valence-electron chi connectivity index (χ4n) is 3.33. The summed E-state index contributed by atoms with van der Waals surface area (Å²) in [5, 5.41) is 5.06. The number of aryl methyl sites for hydroxylation is 1. The van der Waals surface area contributed by atoms with Gasteiger partial charge in [0.1, 0.15) is 0 Å². The molecular weight excluding hydrogens is 375 g/mol. The monoisotopic (exact) mass is 397 g/mol. The van der Waals surface area contributed by atoms with E-state index in [0.29, 0.717) is 26.2 Å². The predicted octanol–water partition coefficient (Wildman–Crippen LogP) is 4.56. The molecule has 0 saturated carbocycles. The average Bonchev–Trinajstić information content (AvgIpc) is 3.21. The first kappa shape index (κ1) is 19.9. The Labute approximate surface area is 160 Å².